The largest absolute Gasteiger partial charge is 0.472 e. The molecule has 0 aromatic rings. The molecule has 0 bridgehead atoms. The number of aliphatic hydroxyl groups excluding tert-OH is 5. The lowest BCUT2D eigenvalue weighted by atomic mass is 9.85. The summed E-state index contributed by atoms with van der Waals surface area (Å²) in [5.41, 5.74) is 0. The first kappa shape index (κ1) is 57.8. The second-order valence-electron chi connectivity index (χ2n) is 17.3. The minimum Gasteiger partial charge on any atom is -0.457 e. The molecule has 1 rings (SSSR count). The second kappa shape index (κ2) is 39.2. The third-order valence-corrected chi connectivity index (χ3v) is 12.6. The number of ether oxygens (including phenoxy) is 2. The van der Waals surface area contributed by atoms with Gasteiger partial charge in [0.15, 0.2) is 0 Å². The van der Waals surface area contributed by atoms with Crippen molar-refractivity contribution >= 4 is 13.8 Å². The second-order valence-corrected chi connectivity index (χ2v) is 18.7. The Morgan fingerprint density at radius 2 is 0.918 bits per heavy atom. The summed E-state index contributed by atoms with van der Waals surface area (Å²) in [7, 11) is -5.02. The Bertz CT molecular complexity index is 1110. The number of esters is 1. The Hall–Kier alpha value is -1.18. The molecule has 6 atom stereocenters. The molecule has 12 nitrogen and oxygen atoms in total. The molecule has 0 aliphatic heterocycles. The summed E-state index contributed by atoms with van der Waals surface area (Å²) < 4.78 is 34.2. The van der Waals surface area contributed by atoms with E-state index in [2.05, 4.69) is 38.2 Å². The topological polar surface area (TPSA) is 192 Å². The summed E-state index contributed by atoms with van der Waals surface area (Å²) in [4.78, 5) is 23.2. The van der Waals surface area contributed by atoms with Gasteiger partial charge in [-0.25, -0.2) is 4.57 Å². The lowest BCUT2D eigenvalue weighted by Crippen LogP contribution is -2.64. The van der Waals surface area contributed by atoms with Crippen LogP contribution in [0.1, 0.15) is 213 Å². The van der Waals surface area contributed by atoms with Gasteiger partial charge >= 0.3 is 13.8 Å². The number of phosphoric ester groups is 1. The molecule has 0 radical (unpaired) electrons. The SMILES string of the molecule is CCCCC/C=C\C/C=C\CCCCCCCCCCCCOCC(COP(=O)(O)OC1C(O)C(O)C(O)C(O)C1O)OC(=O)CCCCCCCCCCCCCCCC. The van der Waals surface area contributed by atoms with Crippen molar-refractivity contribution in [3.63, 3.8) is 0 Å². The van der Waals surface area contributed by atoms with Gasteiger partial charge in [-0.15, -0.1) is 0 Å². The molecule has 61 heavy (non-hydrogen) atoms. The summed E-state index contributed by atoms with van der Waals surface area (Å²) in [6, 6.07) is 0. The first-order chi connectivity index (χ1) is 29.5. The number of allylic oxidation sites excluding steroid dienone is 4. The van der Waals surface area contributed by atoms with Gasteiger partial charge in [-0.3, -0.25) is 13.8 Å². The van der Waals surface area contributed by atoms with E-state index in [-0.39, 0.29) is 13.0 Å². The van der Waals surface area contributed by atoms with Gasteiger partial charge < -0.3 is 39.9 Å². The van der Waals surface area contributed by atoms with Crippen LogP contribution in [0.5, 0.6) is 0 Å². The highest BCUT2D eigenvalue weighted by Gasteiger charge is 2.51. The Morgan fingerprint density at radius 3 is 1.41 bits per heavy atom. The van der Waals surface area contributed by atoms with E-state index in [0.29, 0.717) is 13.0 Å². The van der Waals surface area contributed by atoms with E-state index in [9.17, 15) is 39.8 Å². The van der Waals surface area contributed by atoms with Crippen LogP contribution < -0.4 is 0 Å². The Kier molecular flexibility index (Phi) is 37.2. The minimum absolute atomic E-state index is 0.0747. The maximum Gasteiger partial charge on any atom is 0.472 e. The van der Waals surface area contributed by atoms with E-state index in [1.54, 1.807) is 0 Å². The van der Waals surface area contributed by atoms with Crippen molar-refractivity contribution in [2.75, 3.05) is 19.8 Å². The fourth-order valence-electron chi connectivity index (χ4n) is 7.62. The van der Waals surface area contributed by atoms with Crippen molar-refractivity contribution in [1.82, 2.24) is 0 Å². The summed E-state index contributed by atoms with van der Waals surface area (Å²) >= 11 is 0. The molecule has 0 spiro atoms. The van der Waals surface area contributed by atoms with Crippen LogP contribution in [0, 0.1) is 0 Å². The van der Waals surface area contributed by atoms with Gasteiger partial charge in [0.1, 0.15) is 42.7 Å². The van der Waals surface area contributed by atoms with Crippen molar-refractivity contribution in [3.8, 4) is 0 Å². The van der Waals surface area contributed by atoms with Crippen LogP contribution in [0.2, 0.25) is 0 Å². The molecular weight excluding hydrogens is 799 g/mol. The normalized spacial score (nSPS) is 22.3. The molecule has 13 heteroatoms. The molecule has 6 N–H and O–H groups in total. The first-order valence-electron chi connectivity index (χ1n) is 24.7. The molecule has 0 aromatic carbocycles. The molecule has 1 aliphatic rings. The zero-order valence-corrected chi connectivity index (χ0v) is 39.4. The number of aliphatic hydroxyl groups is 5. The summed E-state index contributed by atoms with van der Waals surface area (Å²) in [6.45, 7) is 4.25. The molecular formula is C48H91O12P. The summed E-state index contributed by atoms with van der Waals surface area (Å²) in [5.74, 6) is -0.475. The molecule has 1 saturated carbocycles. The number of phosphoric acid groups is 1. The standard InChI is InChI=1S/C48H91O12P/c1-3-5-7-9-11-13-15-17-19-20-21-22-23-24-26-28-30-32-34-36-38-57-39-41(40-58-61(55,56)60-48-46(53)44(51)43(50)45(52)47(48)54)59-42(49)37-35-33-31-29-27-25-18-16-14-12-10-8-6-4-2/h11,13,17,19,41,43-48,50-54H,3-10,12,14-16,18,20-40H2,1-2H3,(H,55,56)/b13-11-,19-17-. The molecule has 0 heterocycles. The summed E-state index contributed by atoms with van der Waals surface area (Å²) in [6.07, 6.45) is 32.4. The van der Waals surface area contributed by atoms with Crippen molar-refractivity contribution in [2.24, 2.45) is 0 Å². The van der Waals surface area contributed by atoms with Crippen molar-refractivity contribution in [1.29, 1.82) is 0 Å². The molecule has 1 fully saturated rings. The van der Waals surface area contributed by atoms with Crippen LogP contribution in [-0.2, 0) is 27.9 Å². The maximum absolute atomic E-state index is 12.8. The lowest BCUT2D eigenvalue weighted by molar-refractivity contribution is -0.220. The van der Waals surface area contributed by atoms with Gasteiger partial charge in [0.2, 0.25) is 0 Å². The molecule has 1 aliphatic carbocycles. The third-order valence-electron chi connectivity index (χ3n) is 11.6. The highest BCUT2D eigenvalue weighted by Crippen LogP contribution is 2.47. The van der Waals surface area contributed by atoms with E-state index < -0.39 is 63.1 Å². The van der Waals surface area contributed by atoms with Crippen LogP contribution in [0.25, 0.3) is 0 Å². The van der Waals surface area contributed by atoms with Gasteiger partial charge in [-0.05, 0) is 44.9 Å². The van der Waals surface area contributed by atoms with E-state index in [4.69, 9.17) is 18.5 Å². The predicted octanol–water partition coefficient (Wildman–Crippen LogP) is 10.5. The average molecular weight is 891 g/mol. The zero-order chi connectivity index (χ0) is 44.8. The van der Waals surface area contributed by atoms with Gasteiger partial charge in [-0.1, -0.05) is 186 Å². The monoisotopic (exact) mass is 891 g/mol. The van der Waals surface area contributed by atoms with Gasteiger partial charge in [0.05, 0.1) is 13.2 Å². The fourth-order valence-corrected chi connectivity index (χ4v) is 8.59. The van der Waals surface area contributed by atoms with Crippen LogP contribution in [0.4, 0.5) is 0 Å². The highest BCUT2D eigenvalue weighted by molar-refractivity contribution is 7.47. The van der Waals surface area contributed by atoms with Crippen molar-refractivity contribution in [2.45, 2.75) is 256 Å². The zero-order valence-electron chi connectivity index (χ0n) is 38.5. The van der Waals surface area contributed by atoms with Gasteiger partial charge in [0, 0.05) is 13.0 Å². The predicted molar refractivity (Wildman–Crippen MR) is 244 cm³/mol. The van der Waals surface area contributed by atoms with Crippen LogP contribution in [0.3, 0.4) is 0 Å². The molecule has 0 amide bonds. The Labute approximate surface area is 370 Å². The van der Waals surface area contributed by atoms with Crippen molar-refractivity contribution in [3.05, 3.63) is 24.3 Å². The number of hydrogen-bond acceptors (Lipinski definition) is 11. The quantitative estimate of drug-likeness (QED) is 0.0147. The minimum atomic E-state index is -5.02. The van der Waals surface area contributed by atoms with E-state index >= 15 is 0 Å². The Morgan fingerprint density at radius 1 is 0.525 bits per heavy atom. The molecule has 0 saturated heterocycles. The van der Waals surface area contributed by atoms with Crippen LogP contribution in [0.15, 0.2) is 24.3 Å². The highest BCUT2D eigenvalue weighted by atomic mass is 31.2. The number of hydrogen-bond donors (Lipinski definition) is 6. The van der Waals surface area contributed by atoms with Gasteiger partial charge in [-0.2, -0.15) is 0 Å². The smallest absolute Gasteiger partial charge is 0.457 e. The number of rotatable bonds is 42. The Balaban J connectivity index is 2.34. The third kappa shape index (κ3) is 31.4. The fraction of sp³-hybridized carbons (Fsp3) is 0.896. The first-order valence-corrected chi connectivity index (χ1v) is 26.2. The average Bonchev–Trinajstić information content (AvgIpc) is 3.24. The van der Waals surface area contributed by atoms with Crippen LogP contribution >= 0.6 is 7.82 Å². The van der Waals surface area contributed by atoms with Crippen molar-refractivity contribution < 1.29 is 58.3 Å². The van der Waals surface area contributed by atoms with Crippen LogP contribution in [-0.4, -0.2) is 98.9 Å². The molecule has 360 valence electrons. The maximum atomic E-state index is 12.8. The lowest BCUT2D eigenvalue weighted by Gasteiger charge is -2.41. The number of carbonyl (C=O) groups excluding carboxylic acids is 1. The number of unbranched alkanes of at least 4 members (excludes halogenated alkanes) is 26. The van der Waals surface area contributed by atoms with E-state index in [1.165, 1.54) is 141 Å². The van der Waals surface area contributed by atoms with E-state index in [1.807, 2.05) is 0 Å². The van der Waals surface area contributed by atoms with Gasteiger partial charge in [0.25, 0.3) is 0 Å². The molecule has 6 unspecified atom stereocenters. The number of carbonyl (C=O) groups is 1. The van der Waals surface area contributed by atoms with E-state index in [0.717, 1.165) is 44.9 Å². The summed E-state index contributed by atoms with van der Waals surface area (Å²) in [5, 5.41) is 50.2. The molecule has 0 aromatic heterocycles.